The van der Waals surface area contributed by atoms with Gasteiger partial charge in [0.2, 0.25) is 0 Å². The topological polar surface area (TPSA) is 61.1 Å². The van der Waals surface area contributed by atoms with Gasteiger partial charge in [0.25, 0.3) is 0 Å². The van der Waals surface area contributed by atoms with E-state index in [0.717, 1.165) is 16.7 Å². The van der Waals surface area contributed by atoms with Crippen LogP contribution in [0.3, 0.4) is 0 Å². The van der Waals surface area contributed by atoms with Crippen LogP contribution in [-0.2, 0) is 16.6 Å². The standard InChI is InChI=1S/C16H24NO2/c1-10(2)12-8-11(6-7-14(18)19)9-13(15(12)17)16(3,4)5/h8-10,17H,6-7H2,1-5H3,(H,18,19)/q-1. The van der Waals surface area contributed by atoms with Crippen LogP contribution in [-0.4, -0.2) is 11.1 Å². The molecule has 0 aromatic heterocycles. The predicted molar refractivity (Wildman–Crippen MR) is 79.2 cm³/mol. The van der Waals surface area contributed by atoms with Gasteiger partial charge in [-0.05, 0) is 23.3 Å². The monoisotopic (exact) mass is 262 g/mol. The average Bonchev–Trinajstić information content (AvgIpc) is 2.25. The van der Waals surface area contributed by atoms with Crippen LogP contribution in [0.5, 0.6) is 0 Å². The maximum Gasteiger partial charge on any atom is 0.303 e. The zero-order valence-electron chi connectivity index (χ0n) is 12.5. The van der Waals surface area contributed by atoms with Gasteiger partial charge >= 0.3 is 5.97 Å². The summed E-state index contributed by atoms with van der Waals surface area (Å²) in [5, 5.41) is 8.80. The average molecular weight is 262 g/mol. The van der Waals surface area contributed by atoms with Crippen molar-refractivity contribution in [3.8, 4) is 0 Å². The van der Waals surface area contributed by atoms with E-state index < -0.39 is 5.97 Å². The van der Waals surface area contributed by atoms with Gasteiger partial charge in [0.1, 0.15) is 0 Å². The minimum atomic E-state index is -0.779. The molecule has 0 atom stereocenters. The molecule has 0 spiro atoms. The summed E-state index contributed by atoms with van der Waals surface area (Å²) in [7, 11) is 0. The highest BCUT2D eigenvalue weighted by molar-refractivity contribution is 5.68. The smallest absolute Gasteiger partial charge is 0.303 e. The summed E-state index contributed by atoms with van der Waals surface area (Å²) < 4.78 is 0. The Labute approximate surface area is 115 Å². The van der Waals surface area contributed by atoms with Crippen molar-refractivity contribution in [3.63, 3.8) is 0 Å². The van der Waals surface area contributed by atoms with Crippen LogP contribution in [0.25, 0.3) is 5.73 Å². The molecule has 0 aliphatic carbocycles. The van der Waals surface area contributed by atoms with Gasteiger partial charge in [-0.3, -0.25) is 4.79 Å². The van der Waals surface area contributed by atoms with Crippen LogP contribution in [0, 0.1) is 0 Å². The highest BCUT2D eigenvalue weighted by atomic mass is 16.4. The number of rotatable bonds is 4. The van der Waals surface area contributed by atoms with Gasteiger partial charge < -0.3 is 10.8 Å². The van der Waals surface area contributed by atoms with Crippen LogP contribution in [0.1, 0.15) is 63.6 Å². The number of nitrogens with one attached hydrogen (secondary N) is 1. The molecule has 0 aliphatic heterocycles. The van der Waals surface area contributed by atoms with E-state index in [9.17, 15) is 4.79 Å². The van der Waals surface area contributed by atoms with Crippen LogP contribution in [0.2, 0.25) is 0 Å². The normalized spacial score (nSPS) is 11.9. The molecule has 1 rings (SSSR count). The Morgan fingerprint density at radius 1 is 1.32 bits per heavy atom. The van der Waals surface area contributed by atoms with Crippen molar-refractivity contribution in [2.75, 3.05) is 0 Å². The molecule has 0 aliphatic rings. The van der Waals surface area contributed by atoms with Crippen molar-refractivity contribution in [1.29, 1.82) is 0 Å². The first-order chi connectivity index (χ1) is 8.62. The molecule has 1 aromatic rings. The Hall–Kier alpha value is -1.51. The van der Waals surface area contributed by atoms with Crippen LogP contribution in [0.4, 0.5) is 5.69 Å². The lowest BCUT2D eigenvalue weighted by Gasteiger charge is -2.30. The molecule has 0 saturated carbocycles. The SMILES string of the molecule is CC(C)c1cc(CCC(=O)O)cc(C(C)(C)C)c1[NH-]. The van der Waals surface area contributed by atoms with Crippen molar-refractivity contribution in [2.24, 2.45) is 0 Å². The fraction of sp³-hybridized carbons (Fsp3) is 0.562. The molecule has 0 fully saturated rings. The number of aryl methyl sites for hydroxylation is 1. The van der Waals surface area contributed by atoms with Crippen LogP contribution >= 0.6 is 0 Å². The van der Waals surface area contributed by atoms with Gasteiger partial charge in [-0.25, -0.2) is 0 Å². The van der Waals surface area contributed by atoms with Gasteiger partial charge in [0, 0.05) is 6.42 Å². The highest BCUT2D eigenvalue weighted by Crippen LogP contribution is 2.38. The highest BCUT2D eigenvalue weighted by Gasteiger charge is 2.18. The molecule has 19 heavy (non-hydrogen) atoms. The van der Waals surface area contributed by atoms with E-state index in [1.165, 1.54) is 0 Å². The summed E-state index contributed by atoms with van der Waals surface area (Å²) >= 11 is 0. The molecular weight excluding hydrogens is 238 g/mol. The second kappa shape index (κ2) is 5.64. The number of carbonyl (C=O) groups is 1. The van der Waals surface area contributed by atoms with Crippen LogP contribution < -0.4 is 0 Å². The number of aliphatic carboxylic acids is 1. The third-order valence-electron chi connectivity index (χ3n) is 3.29. The second-order valence-corrected chi connectivity index (χ2v) is 6.41. The Kier molecular flexibility index (Phi) is 4.61. The maximum absolute atomic E-state index is 10.7. The number of carboxylic acids is 1. The molecule has 0 bridgehead atoms. The summed E-state index contributed by atoms with van der Waals surface area (Å²) in [6.45, 7) is 10.4. The van der Waals surface area contributed by atoms with E-state index in [4.69, 9.17) is 10.8 Å². The minimum Gasteiger partial charge on any atom is -0.698 e. The first kappa shape index (κ1) is 15.5. The third-order valence-corrected chi connectivity index (χ3v) is 3.29. The molecule has 2 N–H and O–H groups in total. The lowest BCUT2D eigenvalue weighted by atomic mass is 9.81. The van der Waals surface area contributed by atoms with E-state index >= 15 is 0 Å². The van der Waals surface area contributed by atoms with Gasteiger partial charge in [-0.1, -0.05) is 57.9 Å². The number of benzene rings is 1. The summed E-state index contributed by atoms with van der Waals surface area (Å²) in [6, 6.07) is 3.99. The van der Waals surface area contributed by atoms with E-state index in [0.29, 0.717) is 12.1 Å². The van der Waals surface area contributed by atoms with Crippen LogP contribution in [0.15, 0.2) is 12.1 Å². The molecule has 0 heterocycles. The zero-order chi connectivity index (χ0) is 14.8. The van der Waals surface area contributed by atoms with Gasteiger partial charge in [0.15, 0.2) is 0 Å². The van der Waals surface area contributed by atoms with E-state index in [2.05, 4.69) is 34.6 Å². The van der Waals surface area contributed by atoms with Crippen molar-refractivity contribution in [1.82, 2.24) is 0 Å². The largest absolute Gasteiger partial charge is 0.698 e. The molecular formula is C16H24NO2-. The molecule has 1 aromatic carbocycles. The van der Waals surface area contributed by atoms with Crippen molar-refractivity contribution in [2.45, 2.75) is 58.8 Å². The molecule has 3 nitrogen and oxygen atoms in total. The van der Waals surface area contributed by atoms with E-state index in [1.54, 1.807) is 0 Å². The molecule has 106 valence electrons. The molecule has 0 radical (unpaired) electrons. The summed E-state index contributed by atoms with van der Waals surface area (Å²) in [5.74, 6) is -0.503. The van der Waals surface area contributed by atoms with Gasteiger partial charge in [0.05, 0.1) is 0 Å². The Balaban J connectivity index is 3.27. The van der Waals surface area contributed by atoms with E-state index in [-0.39, 0.29) is 17.8 Å². The molecule has 0 amide bonds. The first-order valence-corrected chi connectivity index (χ1v) is 6.73. The fourth-order valence-corrected chi connectivity index (χ4v) is 2.17. The summed E-state index contributed by atoms with van der Waals surface area (Å²) in [6.07, 6.45) is 0.664. The summed E-state index contributed by atoms with van der Waals surface area (Å²) in [5.41, 5.74) is 11.9. The van der Waals surface area contributed by atoms with Gasteiger partial charge in [-0.2, -0.15) is 0 Å². The Morgan fingerprint density at radius 3 is 2.32 bits per heavy atom. The Bertz CT molecular complexity index is 470. The fourth-order valence-electron chi connectivity index (χ4n) is 2.17. The van der Waals surface area contributed by atoms with Crippen molar-refractivity contribution >= 4 is 11.7 Å². The second-order valence-electron chi connectivity index (χ2n) is 6.41. The zero-order valence-corrected chi connectivity index (χ0v) is 12.5. The van der Waals surface area contributed by atoms with Crippen molar-refractivity contribution < 1.29 is 9.90 Å². The number of carboxylic acid groups (broad SMARTS) is 1. The third kappa shape index (κ3) is 3.98. The lowest BCUT2D eigenvalue weighted by Crippen LogP contribution is -2.13. The predicted octanol–water partition coefficient (Wildman–Crippen LogP) is 4.81. The number of hydrogen-bond acceptors (Lipinski definition) is 1. The molecule has 3 heteroatoms. The van der Waals surface area contributed by atoms with Gasteiger partial charge in [-0.15, -0.1) is 5.69 Å². The van der Waals surface area contributed by atoms with Crippen molar-refractivity contribution in [3.05, 3.63) is 34.6 Å². The lowest BCUT2D eigenvalue weighted by molar-refractivity contribution is -0.136. The van der Waals surface area contributed by atoms with E-state index in [1.807, 2.05) is 12.1 Å². The summed E-state index contributed by atoms with van der Waals surface area (Å²) in [4.78, 5) is 10.7. The molecule has 0 unspecified atom stereocenters. The maximum atomic E-state index is 10.7. The molecule has 0 saturated heterocycles. The Morgan fingerprint density at radius 2 is 1.89 bits per heavy atom. The quantitative estimate of drug-likeness (QED) is 0.846. The number of hydrogen-bond donors (Lipinski definition) is 1. The minimum absolute atomic E-state index is 0.0973. The first-order valence-electron chi connectivity index (χ1n) is 6.73.